The number of nitrogens with one attached hydrogen (secondary N) is 1. The number of rotatable bonds is 7. The monoisotopic (exact) mass is 309 g/mol. The average Bonchev–Trinajstić information content (AvgIpc) is 2.91. The van der Waals surface area contributed by atoms with E-state index in [0.717, 1.165) is 25.1 Å². The Morgan fingerprint density at radius 2 is 2.19 bits per heavy atom. The molecule has 0 fully saturated rings. The van der Waals surface area contributed by atoms with E-state index in [2.05, 4.69) is 17.3 Å². The Bertz CT molecular complexity index is 583. The quantitative estimate of drug-likeness (QED) is 0.838. The lowest BCUT2D eigenvalue weighted by Gasteiger charge is -2.19. The molecule has 0 radical (unpaired) electrons. The van der Waals surface area contributed by atoms with Crippen molar-refractivity contribution in [2.24, 2.45) is 0 Å². The van der Waals surface area contributed by atoms with Gasteiger partial charge in [0.25, 0.3) is 0 Å². The van der Waals surface area contributed by atoms with Crippen LogP contribution in [-0.2, 0) is 13.0 Å². The zero-order valence-electron chi connectivity index (χ0n) is 12.4. The van der Waals surface area contributed by atoms with Crippen LogP contribution in [0.1, 0.15) is 37.4 Å². The number of aromatic nitrogens is 2. The lowest BCUT2D eigenvalue weighted by molar-refractivity contribution is 0.497. The topological polar surface area (TPSA) is 29.9 Å². The van der Waals surface area contributed by atoms with Gasteiger partial charge in [-0.3, -0.25) is 4.68 Å². The highest BCUT2D eigenvalue weighted by molar-refractivity contribution is 6.30. The third-order valence-electron chi connectivity index (χ3n) is 3.43. The van der Waals surface area contributed by atoms with Crippen LogP contribution in [-0.4, -0.2) is 16.3 Å². The van der Waals surface area contributed by atoms with Gasteiger partial charge in [-0.05, 0) is 44.0 Å². The summed E-state index contributed by atoms with van der Waals surface area (Å²) in [6, 6.07) is 4.79. The van der Waals surface area contributed by atoms with Crippen LogP contribution < -0.4 is 5.32 Å². The van der Waals surface area contributed by atoms with Gasteiger partial charge in [0.15, 0.2) is 0 Å². The van der Waals surface area contributed by atoms with Crippen molar-refractivity contribution in [3.05, 3.63) is 52.6 Å². The Hall–Kier alpha value is -1.39. The van der Waals surface area contributed by atoms with Gasteiger partial charge in [0, 0.05) is 29.4 Å². The molecule has 21 heavy (non-hydrogen) atoms. The molecule has 0 saturated carbocycles. The molecule has 1 heterocycles. The molecule has 1 atom stereocenters. The Morgan fingerprint density at radius 1 is 1.38 bits per heavy atom. The molecule has 0 aliphatic rings. The minimum Gasteiger partial charge on any atom is -0.310 e. The molecule has 0 aliphatic carbocycles. The molecule has 0 amide bonds. The Labute approximate surface area is 130 Å². The molecule has 1 aromatic heterocycles. The number of nitrogens with zero attached hydrogens (tertiary/aromatic N) is 2. The zero-order chi connectivity index (χ0) is 15.2. The second-order valence-electron chi connectivity index (χ2n) is 5.08. The van der Waals surface area contributed by atoms with Crippen LogP contribution in [0.15, 0.2) is 30.6 Å². The average molecular weight is 310 g/mol. The van der Waals surface area contributed by atoms with Crippen LogP contribution in [0.3, 0.4) is 0 Å². The summed E-state index contributed by atoms with van der Waals surface area (Å²) >= 11 is 5.83. The first-order valence-electron chi connectivity index (χ1n) is 7.33. The molecule has 114 valence electrons. The fraction of sp³-hybridized carbons (Fsp3) is 0.438. The number of aryl methyl sites for hydroxylation is 1. The first kappa shape index (κ1) is 16.0. The second kappa shape index (κ2) is 7.57. The Morgan fingerprint density at radius 3 is 2.81 bits per heavy atom. The predicted molar refractivity (Wildman–Crippen MR) is 84.0 cm³/mol. The highest BCUT2D eigenvalue weighted by Crippen LogP contribution is 2.24. The zero-order valence-corrected chi connectivity index (χ0v) is 13.2. The van der Waals surface area contributed by atoms with E-state index < -0.39 is 0 Å². The van der Waals surface area contributed by atoms with Crippen LogP contribution in [0.4, 0.5) is 4.39 Å². The molecule has 0 aliphatic heterocycles. The van der Waals surface area contributed by atoms with Gasteiger partial charge < -0.3 is 5.32 Å². The largest absolute Gasteiger partial charge is 0.310 e. The molecular weight excluding hydrogens is 289 g/mol. The summed E-state index contributed by atoms with van der Waals surface area (Å²) in [6.07, 6.45) is 5.56. The summed E-state index contributed by atoms with van der Waals surface area (Å²) in [4.78, 5) is 0. The van der Waals surface area contributed by atoms with Gasteiger partial charge in [0.1, 0.15) is 5.82 Å². The van der Waals surface area contributed by atoms with E-state index in [1.54, 1.807) is 12.1 Å². The maximum Gasteiger partial charge on any atom is 0.129 e. The first-order chi connectivity index (χ1) is 10.1. The minimum absolute atomic E-state index is 0.0725. The van der Waals surface area contributed by atoms with E-state index in [9.17, 15) is 4.39 Å². The smallest absolute Gasteiger partial charge is 0.129 e. The summed E-state index contributed by atoms with van der Waals surface area (Å²) in [5.41, 5.74) is 1.75. The van der Waals surface area contributed by atoms with Gasteiger partial charge in [-0.1, -0.05) is 24.6 Å². The molecule has 1 aromatic carbocycles. The summed E-state index contributed by atoms with van der Waals surface area (Å²) in [5.74, 6) is -0.265. The standard InChI is InChI=1S/C16H21ClFN3/c1-3-7-19-16(8-12-10-20-21(4-2)11-12)14-6-5-13(17)9-15(14)18/h5-6,9-11,16,19H,3-4,7-8H2,1-2H3. The maximum absolute atomic E-state index is 14.2. The molecule has 1 unspecified atom stereocenters. The molecule has 3 nitrogen and oxygen atoms in total. The van der Waals surface area contributed by atoms with Crippen LogP contribution in [0.2, 0.25) is 5.02 Å². The normalized spacial score (nSPS) is 12.6. The van der Waals surface area contributed by atoms with Crippen LogP contribution in [0.5, 0.6) is 0 Å². The van der Waals surface area contributed by atoms with Gasteiger partial charge >= 0.3 is 0 Å². The van der Waals surface area contributed by atoms with Crippen molar-refractivity contribution >= 4 is 11.6 Å². The Balaban J connectivity index is 2.20. The lowest BCUT2D eigenvalue weighted by Crippen LogP contribution is -2.25. The van der Waals surface area contributed by atoms with Gasteiger partial charge in [0.2, 0.25) is 0 Å². The van der Waals surface area contributed by atoms with Crippen molar-refractivity contribution in [1.29, 1.82) is 0 Å². The fourth-order valence-electron chi connectivity index (χ4n) is 2.32. The maximum atomic E-state index is 14.2. The highest BCUT2D eigenvalue weighted by Gasteiger charge is 2.17. The molecule has 2 rings (SSSR count). The van der Waals surface area contributed by atoms with Crippen LogP contribution >= 0.6 is 11.6 Å². The fourth-order valence-corrected chi connectivity index (χ4v) is 2.47. The molecule has 5 heteroatoms. The molecule has 2 aromatic rings. The van der Waals surface area contributed by atoms with E-state index in [-0.39, 0.29) is 11.9 Å². The molecular formula is C16H21ClFN3. The van der Waals surface area contributed by atoms with Gasteiger partial charge in [-0.15, -0.1) is 0 Å². The molecule has 0 saturated heterocycles. The number of benzene rings is 1. The third-order valence-corrected chi connectivity index (χ3v) is 3.66. The van der Waals surface area contributed by atoms with E-state index in [0.29, 0.717) is 17.0 Å². The second-order valence-corrected chi connectivity index (χ2v) is 5.52. The number of hydrogen-bond donors (Lipinski definition) is 1. The summed E-state index contributed by atoms with van der Waals surface area (Å²) in [7, 11) is 0. The summed E-state index contributed by atoms with van der Waals surface area (Å²) < 4.78 is 16.0. The van der Waals surface area contributed by atoms with Gasteiger partial charge in [0.05, 0.1) is 6.20 Å². The van der Waals surface area contributed by atoms with Crippen molar-refractivity contribution in [3.63, 3.8) is 0 Å². The van der Waals surface area contributed by atoms with Crippen molar-refractivity contribution < 1.29 is 4.39 Å². The molecule has 0 bridgehead atoms. The van der Waals surface area contributed by atoms with E-state index in [1.807, 2.05) is 24.0 Å². The van der Waals surface area contributed by atoms with Crippen molar-refractivity contribution in [2.45, 2.75) is 39.3 Å². The van der Waals surface area contributed by atoms with E-state index >= 15 is 0 Å². The molecule has 1 N–H and O–H groups in total. The van der Waals surface area contributed by atoms with Crippen LogP contribution in [0, 0.1) is 5.82 Å². The first-order valence-corrected chi connectivity index (χ1v) is 7.71. The van der Waals surface area contributed by atoms with Crippen molar-refractivity contribution in [1.82, 2.24) is 15.1 Å². The highest BCUT2D eigenvalue weighted by atomic mass is 35.5. The third kappa shape index (κ3) is 4.29. The minimum atomic E-state index is -0.265. The van der Waals surface area contributed by atoms with E-state index in [4.69, 9.17) is 11.6 Å². The Kier molecular flexibility index (Phi) is 5.76. The number of hydrogen-bond acceptors (Lipinski definition) is 2. The van der Waals surface area contributed by atoms with Crippen LogP contribution in [0.25, 0.3) is 0 Å². The predicted octanol–water partition coefficient (Wildman–Crippen LogP) is 3.98. The summed E-state index contributed by atoms with van der Waals surface area (Å²) in [6.45, 7) is 5.82. The van der Waals surface area contributed by atoms with Crippen molar-refractivity contribution in [2.75, 3.05) is 6.54 Å². The van der Waals surface area contributed by atoms with E-state index in [1.165, 1.54) is 6.07 Å². The SMILES string of the molecule is CCCNC(Cc1cnn(CC)c1)c1ccc(Cl)cc1F. The van der Waals surface area contributed by atoms with Gasteiger partial charge in [-0.25, -0.2) is 4.39 Å². The summed E-state index contributed by atoms with van der Waals surface area (Å²) in [5, 5.41) is 8.09. The van der Waals surface area contributed by atoms with Crippen molar-refractivity contribution in [3.8, 4) is 0 Å². The number of halogens is 2. The lowest BCUT2D eigenvalue weighted by atomic mass is 10.00. The molecule has 0 spiro atoms. The van der Waals surface area contributed by atoms with Gasteiger partial charge in [-0.2, -0.15) is 5.10 Å².